The molecular weight excluding hydrogens is 568 g/mol. The summed E-state index contributed by atoms with van der Waals surface area (Å²) in [4.78, 5) is 0. The molecule has 2 rings (SSSR count). The average Bonchev–Trinajstić information content (AvgIpc) is 3.01. The van der Waals surface area contributed by atoms with Crippen LogP contribution in [0, 0.1) is 0 Å². The topological polar surface area (TPSA) is 125 Å². The van der Waals surface area contributed by atoms with Crippen molar-refractivity contribution >= 4 is 0 Å². The van der Waals surface area contributed by atoms with Crippen molar-refractivity contribution in [2.45, 2.75) is 64.9 Å². The number of hydrogen-bond acceptors (Lipinski definition) is 10. The van der Waals surface area contributed by atoms with E-state index in [0.29, 0.717) is 94.3 Å². The van der Waals surface area contributed by atoms with Gasteiger partial charge in [0, 0.05) is 13.2 Å². The first-order chi connectivity index (χ1) is 21.6. The SMILES string of the molecule is CCCCCCCCCCOc1cc(CO)cc(OCCOCCOCCOCCOCCOC)c1-c1cc(O)cc(O)c1. The van der Waals surface area contributed by atoms with Gasteiger partial charge in [-0.2, -0.15) is 0 Å². The standard InChI is InChI=1S/C34H54O10/c1-3-4-5-6-7-8-9-10-11-43-32-22-28(27-35)23-33(34(32)29-24-30(36)26-31(37)25-29)44-21-20-42-19-18-41-17-16-40-15-14-39-13-12-38-2/h22-26,35-37H,3-21,27H2,1-2H3. The number of hydrogen-bond donors (Lipinski definition) is 3. The van der Waals surface area contributed by atoms with Crippen LogP contribution in [0.3, 0.4) is 0 Å². The van der Waals surface area contributed by atoms with Crippen molar-refractivity contribution in [2.75, 3.05) is 79.8 Å². The Morgan fingerprint density at radius 2 is 0.977 bits per heavy atom. The summed E-state index contributed by atoms with van der Waals surface area (Å²) in [6.45, 7) is 7.05. The summed E-state index contributed by atoms with van der Waals surface area (Å²) in [5.41, 5.74) is 1.78. The van der Waals surface area contributed by atoms with Crippen molar-refractivity contribution in [3.8, 4) is 34.1 Å². The van der Waals surface area contributed by atoms with Crippen LogP contribution in [-0.4, -0.2) is 95.1 Å². The molecule has 0 aliphatic heterocycles. The van der Waals surface area contributed by atoms with Gasteiger partial charge >= 0.3 is 0 Å². The molecule has 0 amide bonds. The van der Waals surface area contributed by atoms with E-state index in [4.69, 9.17) is 33.2 Å². The second kappa shape index (κ2) is 24.7. The summed E-state index contributed by atoms with van der Waals surface area (Å²) in [7, 11) is 1.64. The van der Waals surface area contributed by atoms with Crippen LogP contribution in [0.5, 0.6) is 23.0 Å². The van der Waals surface area contributed by atoms with Gasteiger partial charge in [-0.1, -0.05) is 51.9 Å². The first kappa shape index (κ1) is 37.6. The number of rotatable bonds is 28. The van der Waals surface area contributed by atoms with E-state index in [9.17, 15) is 15.3 Å². The van der Waals surface area contributed by atoms with E-state index in [0.717, 1.165) is 12.8 Å². The number of phenolic OH excluding ortho intramolecular Hbond substituents is 2. The second-order valence-electron chi connectivity index (χ2n) is 10.5. The molecule has 0 saturated heterocycles. The Hall–Kier alpha value is -2.60. The number of phenols is 2. The zero-order valence-corrected chi connectivity index (χ0v) is 26.7. The number of aromatic hydroxyl groups is 2. The highest BCUT2D eigenvalue weighted by Crippen LogP contribution is 2.42. The van der Waals surface area contributed by atoms with Gasteiger partial charge in [0.25, 0.3) is 0 Å². The van der Waals surface area contributed by atoms with E-state index in [1.165, 1.54) is 44.6 Å². The number of methoxy groups -OCH3 is 1. The first-order valence-electron chi connectivity index (χ1n) is 16.0. The Balaban J connectivity index is 1.84. The molecule has 0 aliphatic rings. The minimum Gasteiger partial charge on any atom is -0.508 e. The van der Waals surface area contributed by atoms with E-state index in [1.54, 1.807) is 31.4 Å². The van der Waals surface area contributed by atoms with E-state index < -0.39 is 0 Å². The molecule has 0 radical (unpaired) electrons. The molecule has 44 heavy (non-hydrogen) atoms. The molecular formula is C34H54O10. The summed E-state index contributed by atoms with van der Waals surface area (Å²) in [6.07, 6.45) is 9.52. The van der Waals surface area contributed by atoms with Crippen LogP contribution in [0.25, 0.3) is 11.1 Å². The van der Waals surface area contributed by atoms with Crippen molar-refractivity contribution in [1.82, 2.24) is 0 Å². The highest BCUT2D eigenvalue weighted by Gasteiger charge is 2.18. The first-order valence-corrected chi connectivity index (χ1v) is 16.0. The molecule has 0 atom stereocenters. The van der Waals surface area contributed by atoms with Crippen LogP contribution in [0.15, 0.2) is 30.3 Å². The highest BCUT2D eigenvalue weighted by molar-refractivity contribution is 5.79. The fraction of sp³-hybridized carbons (Fsp3) is 0.647. The van der Waals surface area contributed by atoms with E-state index >= 15 is 0 Å². The highest BCUT2D eigenvalue weighted by atomic mass is 16.6. The minimum atomic E-state index is -0.186. The van der Waals surface area contributed by atoms with Gasteiger partial charge in [0.1, 0.15) is 29.6 Å². The Bertz CT molecular complexity index is 980. The Kier molecular flexibility index (Phi) is 21.1. The second-order valence-corrected chi connectivity index (χ2v) is 10.5. The quantitative estimate of drug-likeness (QED) is 0.0993. The summed E-state index contributed by atoms with van der Waals surface area (Å²) < 4.78 is 39.2. The third kappa shape index (κ3) is 16.5. The molecule has 10 heteroatoms. The third-order valence-corrected chi connectivity index (χ3v) is 6.79. The lowest BCUT2D eigenvalue weighted by molar-refractivity contribution is -0.00977. The zero-order chi connectivity index (χ0) is 31.7. The normalized spacial score (nSPS) is 11.2. The molecule has 10 nitrogen and oxygen atoms in total. The van der Waals surface area contributed by atoms with Gasteiger partial charge in [0.15, 0.2) is 0 Å². The predicted molar refractivity (Wildman–Crippen MR) is 170 cm³/mol. The van der Waals surface area contributed by atoms with Crippen LogP contribution >= 0.6 is 0 Å². The van der Waals surface area contributed by atoms with E-state index in [1.807, 2.05) is 0 Å². The maximum atomic E-state index is 10.2. The van der Waals surface area contributed by atoms with Gasteiger partial charge in [-0.15, -0.1) is 0 Å². The van der Waals surface area contributed by atoms with E-state index in [2.05, 4.69) is 6.92 Å². The lowest BCUT2D eigenvalue weighted by Gasteiger charge is -2.19. The number of aliphatic hydroxyl groups is 1. The lowest BCUT2D eigenvalue weighted by Crippen LogP contribution is -2.14. The van der Waals surface area contributed by atoms with Gasteiger partial charge in [0.2, 0.25) is 0 Å². The molecule has 250 valence electrons. The average molecular weight is 623 g/mol. The molecule has 0 heterocycles. The fourth-order valence-corrected chi connectivity index (χ4v) is 4.52. The van der Waals surface area contributed by atoms with Crippen molar-refractivity contribution in [2.24, 2.45) is 0 Å². The largest absolute Gasteiger partial charge is 0.508 e. The van der Waals surface area contributed by atoms with Crippen LogP contribution in [0.2, 0.25) is 0 Å². The summed E-state index contributed by atoms with van der Waals surface area (Å²) in [5, 5.41) is 30.3. The maximum absolute atomic E-state index is 10.2. The summed E-state index contributed by atoms with van der Waals surface area (Å²) in [6, 6.07) is 7.89. The molecule has 0 aromatic heterocycles. The lowest BCUT2D eigenvalue weighted by atomic mass is 10.0. The maximum Gasteiger partial charge on any atom is 0.131 e. The smallest absolute Gasteiger partial charge is 0.131 e. The Morgan fingerprint density at radius 1 is 0.523 bits per heavy atom. The molecule has 2 aromatic carbocycles. The van der Waals surface area contributed by atoms with Gasteiger partial charge in [-0.25, -0.2) is 0 Å². The number of ether oxygens (including phenoxy) is 7. The molecule has 2 aromatic rings. The van der Waals surface area contributed by atoms with Crippen molar-refractivity contribution in [1.29, 1.82) is 0 Å². The Morgan fingerprint density at radius 3 is 1.48 bits per heavy atom. The molecule has 0 bridgehead atoms. The number of benzene rings is 2. The molecule has 0 saturated carbocycles. The van der Waals surface area contributed by atoms with Crippen LogP contribution < -0.4 is 9.47 Å². The molecule has 3 N–H and O–H groups in total. The van der Waals surface area contributed by atoms with Crippen molar-refractivity contribution in [3.05, 3.63) is 35.9 Å². The summed E-state index contributed by atoms with van der Waals surface area (Å²) >= 11 is 0. The van der Waals surface area contributed by atoms with Crippen LogP contribution in [0.1, 0.15) is 63.9 Å². The molecule has 0 spiro atoms. The van der Waals surface area contributed by atoms with Crippen LogP contribution in [0.4, 0.5) is 0 Å². The minimum absolute atomic E-state index is 0.0737. The molecule has 0 fully saturated rings. The zero-order valence-electron chi connectivity index (χ0n) is 26.7. The van der Waals surface area contributed by atoms with Gasteiger partial charge < -0.3 is 48.5 Å². The van der Waals surface area contributed by atoms with Crippen molar-refractivity contribution < 1.29 is 48.5 Å². The third-order valence-electron chi connectivity index (χ3n) is 6.79. The Labute approximate surface area is 263 Å². The van der Waals surface area contributed by atoms with E-state index in [-0.39, 0.29) is 24.7 Å². The van der Waals surface area contributed by atoms with Gasteiger partial charge in [-0.3, -0.25) is 0 Å². The predicted octanol–water partition coefficient (Wildman–Crippen LogP) is 5.87. The fourth-order valence-electron chi connectivity index (χ4n) is 4.52. The molecule has 0 aliphatic carbocycles. The van der Waals surface area contributed by atoms with Gasteiger partial charge in [0.05, 0.1) is 78.2 Å². The van der Waals surface area contributed by atoms with Crippen molar-refractivity contribution in [3.63, 3.8) is 0 Å². The number of aliphatic hydroxyl groups excluding tert-OH is 1. The monoisotopic (exact) mass is 622 g/mol. The van der Waals surface area contributed by atoms with Crippen LogP contribution in [-0.2, 0) is 30.3 Å². The number of unbranched alkanes of at least 4 members (excludes halogenated alkanes) is 7. The summed E-state index contributed by atoms with van der Waals surface area (Å²) in [5.74, 6) is 0.846. The molecule has 0 unspecified atom stereocenters. The van der Waals surface area contributed by atoms with Gasteiger partial charge in [-0.05, 0) is 41.8 Å².